The Labute approximate surface area is 54.1 Å². The number of halogens is 2. The Balaban J connectivity index is 0. The van der Waals surface area contributed by atoms with Crippen molar-refractivity contribution in [2.45, 2.75) is 0 Å². The van der Waals surface area contributed by atoms with E-state index in [-0.39, 0.29) is 0 Å². The summed E-state index contributed by atoms with van der Waals surface area (Å²) in [5.74, 6) is 0. The molecule has 0 aliphatic carbocycles. The Bertz CT molecular complexity index is 159. The van der Waals surface area contributed by atoms with Crippen molar-refractivity contribution in [2.75, 3.05) is 0 Å². The van der Waals surface area contributed by atoms with Crippen molar-refractivity contribution < 1.29 is 21.9 Å². The van der Waals surface area contributed by atoms with E-state index in [9.17, 15) is 8.78 Å². The maximum absolute atomic E-state index is 10.1. The second kappa shape index (κ2) is 4.76. The van der Waals surface area contributed by atoms with E-state index >= 15 is 0 Å². The van der Waals surface area contributed by atoms with Crippen molar-refractivity contribution in [3.8, 4) is 0 Å². The summed E-state index contributed by atoms with van der Waals surface area (Å²) in [7, 11) is 0. The molecule has 0 heterocycles. The van der Waals surface area contributed by atoms with Crippen molar-refractivity contribution in [3.05, 3.63) is 12.7 Å². The van der Waals surface area contributed by atoms with E-state index in [1.807, 2.05) is 0 Å². The number of hydrogen-bond donors (Lipinski definition) is 2. The predicted molar refractivity (Wildman–Crippen MR) is 22.9 cm³/mol. The van der Waals surface area contributed by atoms with Crippen molar-refractivity contribution in [1.82, 2.24) is 0 Å². The molecule has 0 aromatic carbocycles. The van der Waals surface area contributed by atoms with Crippen molar-refractivity contribution in [1.29, 1.82) is 0 Å². The van der Waals surface area contributed by atoms with E-state index in [0.29, 0.717) is 0 Å². The fourth-order valence-electron chi connectivity index (χ4n) is 0. The molecule has 0 aromatic heterocycles. The molecule has 0 aromatic rings. The second-order valence-corrected chi connectivity index (χ2v) is 3.34. The van der Waals surface area contributed by atoms with Gasteiger partial charge < -0.3 is 0 Å². The summed E-state index contributed by atoms with van der Waals surface area (Å²) < 4.78 is 52.3. The first-order valence-electron chi connectivity index (χ1n) is 1.43. The fourth-order valence-corrected chi connectivity index (χ4v) is 0. The number of hydrogen-bond acceptors (Lipinski definition) is 2. The predicted octanol–water partition coefficient (Wildman–Crippen LogP) is -0.336. The quantitative estimate of drug-likeness (QED) is 0.583. The van der Waals surface area contributed by atoms with E-state index < -0.39 is 25.1 Å². The molecule has 4 nitrogen and oxygen atoms in total. The van der Waals surface area contributed by atoms with Gasteiger partial charge in [-0.25, -0.2) is 0 Å². The topological polar surface area (TPSA) is 74.6 Å². The van der Waals surface area contributed by atoms with Crippen LogP contribution in [0.2, 0.25) is 0 Å². The van der Waals surface area contributed by atoms with Crippen LogP contribution in [0.1, 0.15) is 0 Å². The van der Waals surface area contributed by atoms with Gasteiger partial charge in [0.15, 0.2) is 0 Å². The Kier molecular flexibility index (Phi) is 6.17. The molecule has 0 atom stereocenters. The van der Waals surface area contributed by atoms with Gasteiger partial charge >= 0.3 is 32.1 Å². The Morgan fingerprint density at radius 3 is 1.33 bits per heavy atom. The van der Waals surface area contributed by atoms with E-state index in [2.05, 4.69) is 6.58 Å². The van der Waals surface area contributed by atoms with Gasteiger partial charge in [-0.3, -0.25) is 0 Å². The minimum atomic E-state index is -5.52. The van der Waals surface area contributed by atoms with Crippen LogP contribution in [0.3, 0.4) is 0 Å². The van der Waals surface area contributed by atoms with Crippen molar-refractivity contribution >= 4 is 19.0 Å². The van der Waals surface area contributed by atoms with Crippen molar-refractivity contribution in [2.24, 2.45) is 0 Å². The minimum absolute atomic E-state index is 1.83. The summed E-state index contributed by atoms with van der Waals surface area (Å²) in [4.78, 5) is 0. The third-order valence-corrected chi connectivity index (χ3v) is 0. The third kappa shape index (κ3) is 33800. The molecule has 0 rings (SSSR count). The molecular weight excluding hydrogens is 254 g/mol. The van der Waals surface area contributed by atoms with Gasteiger partial charge in [0.2, 0.25) is 0 Å². The molecule has 7 heteroatoms. The van der Waals surface area contributed by atoms with Crippen LogP contribution in [0, 0.1) is 0 Å². The average molecular weight is 258 g/mol. The standard InChI is InChI=1S/C2H2F2.H2O4Te/c1-2(3)4;1-5(2,3)4/h1H2;(H2,1,2,3,4). The third-order valence-electron chi connectivity index (χ3n) is 0. The molecule has 0 spiro atoms. The van der Waals surface area contributed by atoms with Crippen LogP contribution in [0.5, 0.6) is 0 Å². The van der Waals surface area contributed by atoms with E-state index in [1.165, 1.54) is 0 Å². The van der Waals surface area contributed by atoms with E-state index in [1.54, 1.807) is 0 Å². The fraction of sp³-hybridized carbons (Fsp3) is 0. The van der Waals surface area contributed by atoms with Crippen LogP contribution in [0.25, 0.3) is 0 Å². The van der Waals surface area contributed by atoms with Gasteiger partial charge in [0.25, 0.3) is 6.08 Å². The van der Waals surface area contributed by atoms with E-state index in [4.69, 9.17) is 13.2 Å². The van der Waals surface area contributed by atoms with Crippen LogP contribution < -0.4 is 0 Å². The zero-order chi connectivity index (χ0) is 8.08. The van der Waals surface area contributed by atoms with Gasteiger partial charge in [0.05, 0.1) is 0 Å². The van der Waals surface area contributed by atoms with Crippen LogP contribution in [0.4, 0.5) is 8.78 Å². The van der Waals surface area contributed by atoms with Crippen LogP contribution >= 0.6 is 0 Å². The summed E-state index contributed by atoms with van der Waals surface area (Å²) in [6.45, 7) is 2.22. The van der Waals surface area contributed by atoms with E-state index in [0.717, 1.165) is 0 Å². The maximum atomic E-state index is 10.1. The summed E-state index contributed by atoms with van der Waals surface area (Å²) in [6.07, 6.45) is -1.83. The first-order chi connectivity index (χ1) is 3.73. The zero-order valence-corrected chi connectivity index (χ0v) is 6.41. The molecule has 2 N–H and O–H groups in total. The van der Waals surface area contributed by atoms with Gasteiger partial charge in [0, 0.05) is 0 Å². The number of rotatable bonds is 0. The summed E-state index contributed by atoms with van der Waals surface area (Å²) in [6, 6.07) is 0. The second-order valence-electron chi connectivity index (χ2n) is 0.787. The molecule has 0 bridgehead atoms. The normalized spacial score (nSPS) is 9.33. The molecule has 0 aliphatic heterocycles. The molecule has 0 amide bonds. The molecule has 9 heavy (non-hydrogen) atoms. The van der Waals surface area contributed by atoms with Gasteiger partial charge in [-0.2, -0.15) is 8.78 Å². The van der Waals surface area contributed by atoms with Gasteiger partial charge in [-0.05, 0) is 6.58 Å². The zero-order valence-electron chi connectivity index (χ0n) is 4.08. The summed E-state index contributed by atoms with van der Waals surface area (Å²) in [5, 5.41) is 0. The molecule has 0 saturated heterocycles. The van der Waals surface area contributed by atoms with Crippen LogP contribution in [-0.4, -0.2) is 25.9 Å². The van der Waals surface area contributed by atoms with Gasteiger partial charge in [-0.1, -0.05) is 0 Å². The Morgan fingerprint density at radius 1 is 1.33 bits per heavy atom. The van der Waals surface area contributed by atoms with Crippen LogP contribution in [-0.2, 0) is 6.21 Å². The SMILES string of the molecule is C=C(F)F.O=[Te](=O)(O)O. The molecule has 0 radical (unpaired) electrons. The Morgan fingerprint density at radius 2 is 1.33 bits per heavy atom. The molecule has 0 fully saturated rings. The monoisotopic (exact) mass is 260 g/mol. The Hall–Kier alpha value is -0.0904. The first kappa shape index (κ1) is 11.7. The molecule has 56 valence electrons. The van der Waals surface area contributed by atoms with Gasteiger partial charge in [0.1, 0.15) is 0 Å². The molecule has 0 saturated carbocycles. The summed E-state index contributed by atoms with van der Waals surface area (Å²) >= 11 is -5.52. The molecular formula is C2H4F2O4Te. The molecule has 0 unspecified atom stereocenters. The van der Waals surface area contributed by atoms with Crippen LogP contribution in [0.15, 0.2) is 12.7 Å². The van der Waals surface area contributed by atoms with Crippen molar-refractivity contribution in [3.63, 3.8) is 0 Å². The van der Waals surface area contributed by atoms with Gasteiger partial charge in [-0.15, -0.1) is 0 Å². The average Bonchev–Trinajstić information content (AvgIpc) is 1.19. The summed E-state index contributed by atoms with van der Waals surface area (Å²) in [5.41, 5.74) is 0. The molecule has 0 aliphatic rings. The first-order valence-corrected chi connectivity index (χ1v) is 5.42.